The largest absolute Gasteiger partial charge is 0.330 e. The van der Waals surface area contributed by atoms with Crippen LogP contribution in [0.3, 0.4) is 0 Å². The van der Waals surface area contributed by atoms with Gasteiger partial charge in [-0.1, -0.05) is 18.2 Å². The van der Waals surface area contributed by atoms with Crippen LogP contribution < -0.4 is 5.73 Å². The molecular weight excluding hydrogens is 258 g/mol. The van der Waals surface area contributed by atoms with Crippen molar-refractivity contribution >= 4 is 5.65 Å². The van der Waals surface area contributed by atoms with Gasteiger partial charge >= 0.3 is 0 Å². The Labute approximate surface area is 125 Å². The number of hydrogen-bond acceptors (Lipinski definition) is 2. The van der Waals surface area contributed by atoms with Gasteiger partial charge in [0.1, 0.15) is 5.65 Å². The molecule has 0 saturated carbocycles. The van der Waals surface area contributed by atoms with Crippen LogP contribution in [0, 0.1) is 20.8 Å². The Hall–Kier alpha value is -2.13. The van der Waals surface area contributed by atoms with E-state index in [0.29, 0.717) is 6.54 Å². The molecule has 0 aliphatic heterocycles. The fourth-order valence-electron chi connectivity index (χ4n) is 2.80. The molecule has 0 bridgehead atoms. The number of benzene rings is 1. The summed E-state index contributed by atoms with van der Waals surface area (Å²) in [7, 11) is 0. The molecule has 108 valence electrons. The van der Waals surface area contributed by atoms with Crippen LogP contribution in [0.4, 0.5) is 0 Å². The predicted octanol–water partition coefficient (Wildman–Crippen LogP) is 3.43. The van der Waals surface area contributed by atoms with Gasteiger partial charge in [0.25, 0.3) is 0 Å². The second-order valence-corrected chi connectivity index (χ2v) is 5.61. The Bertz CT molecular complexity index is 800. The van der Waals surface area contributed by atoms with Gasteiger partial charge in [-0.2, -0.15) is 0 Å². The first-order valence-corrected chi connectivity index (χ1v) is 7.36. The van der Waals surface area contributed by atoms with E-state index in [4.69, 9.17) is 10.7 Å². The summed E-state index contributed by atoms with van der Waals surface area (Å²) in [6.45, 7) is 7.02. The highest BCUT2D eigenvalue weighted by atomic mass is 15.0. The fraction of sp³-hybridized carbons (Fsp3) is 0.278. The average molecular weight is 279 g/mol. The standard InChI is InChI=1S/C18H21N3/c1-12-7-8-15(11-13(12)2)18-16(9-10-19)20-17-6-4-5-14(3)21(17)18/h4-8,11H,9-10,19H2,1-3H3. The molecule has 0 unspecified atom stereocenters. The Morgan fingerprint density at radius 3 is 2.57 bits per heavy atom. The molecular formula is C18H21N3. The zero-order chi connectivity index (χ0) is 15.0. The Morgan fingerprint density at radius 2 is 1.86 bits per heavy atom. The molecule has 0 aliphatic carbocycles. The SMILES string of the molecule is Cc1ccc(-c2c(CCN)nc3cccc(C)n23)cc1C. The van der Waals surface area contributed by atoms with E-state index >= 15 is 0 Å². The summed E-state index contributed by atoms with van der Waals surface area (Å²) in [4.78, 5) is 4.77. The third-order valence-electron chi connectivity index (χ3n) is 4.07. The maximum atomic E-state index is 5.77. The summed E-state index contributed by atoms with van der Waals surface area (Å²) in [6.07, 6.45) is 0.795. The van der Waals surface area contributed by atoms with E-state index in [0.717, 1.165) is 17.8 Å². The van der Waals surface area contributed by atoms with Gasteiger partial charge in [-0.25, -0.2) is 4.98 Å². The highest BCUT2D eigenvalue weighted by Gasteiger charge is 2.15. The summed E-state index contributed by atoms with van der Waals surface area (Å²) in [5.74, 6) is 0. The lowest BCUT2D eigenvalue weighted by Gasteiger charge is -2.09. The lowest BCUT2D eigenvalue weighted by Crippen LogP contribution is -2.04. The first-order chi connectivity index (χ1) is 10.1. The van der Waals surface area contributed by atoms with Crippen molar-refractivity contribution in [3.8, 4) is 11.3 Å². The number of nitrogens with two attached hydrogens (primary N) is 1. The molecule has 3 heteroatoms. The smallest absolute Gasteiger partial charge is 0.137 e. The monoisotopic (exact) mass is 279 g/mol. The molecule has 0 radical (unpaired) electrons. The second-order valence-electron chi connectivity index (χ2n) is 5.61. The zero-order valence-corrected chi connectivity index (χ0v) is 12.9. The summed E-state index contributed by atoms with van der Waals surface area (Å²) >= 11 is 0. The zero-order valence-electron chi connectivity index (χ0n) is 12.9. The molecule has 3 nitrogen and oxygen atoms in total. The van der Waals surface area contributed by atoms with E-state index in [2.05, 4.69) is 55.5 Å². The number of imidazole rings is 1. The predicted molar refractivity (Wildman–Crippen MR) is 87.6 cm³/mol. The molecule has 0 fully saturated rings. The van der Waals surface area contributed by atoms with Crippen LogP contribution >= 0.6 is 0 Å². The molecule has 0 amide bonds. The van der Waals surface area contributed by atoms with E-state index in [1.165, 1.54) is 28.1 Å². The van der Waals surface area contributed by atoms with Crippen molar-refractivity contribution in [1.82, 2.24) is 9.38 Å². The molecule has 2 aromatic heterocycles. The van der Waals surface area contributed by atoms with Gasteiger partial charge < -0.3 is 5.73 Å². The minimum absolute atomic E-state index is 0.612. The van der Waals surface area contributed by atoms with Gasteiger partial charge in [0, 0.05) is 17.7 Å². The highest BCUT2D eigenvalue weighted by Crippen LogP contribution is 2.28. The van der Waals surface area contributed by atoms with Crippen LogP contribution in [-0.4, -0.2) is 15.9 Å². The Kier molecular flexibility index (Phi) is 3.52. The van der Waals surface area contributed by atoms with Gasteiger partial charge in [0.2, 0.25) is 0 Å². The average Bonchev–Trinajstić information content (AvgIpc) is 2.82. The lowest BCUT2D eigenvalue weighted by atomic mass is 10.0. The molecule has 3 rings (SSSR count). The Balaban J connectivity index is 2.32. The van der Waals surface area contributed by atoms with Gasteiger partial charge in [-0.15, -0.1) is 0 Å². The summed E-state index contributed by atoms with van der Waals surface area (Å²) in [5, 5.41) is 0. The second kappa shape index (κ2) is 5.34. The first-order valence-electron chi connectivity index (χ1n) is 7.36. The fourth-order valence-corrected chi connectivity index (χ4v) is 2.80. The van der Waals surface area contributed by atoms with Gasteiger partial charge in [-0.3, -0.25) is 4.40 Å². The third kappa shape index (κ3) is 2.34. The maximum absolute atomic E-state index is 5.77. The van der Waals surface area contributed by atoms with Crippen molar-refractivity contribution in [1.29, 1.82) is 0 Å². The molecule has 1 aromatic carbocycles. The minimum atomic E-state index is 0.612. The van der Waals surface area contributed by atoms with E-state index in [9.17, 15) is 0 Å². The van der Waals surface area contributed by atoms with Crippen LogP contribution in [0.5, 0.6) is 0 Å². The van der Waals surface area contributed by atoms with E-state index in [1.807, 2.05) is 6.07 Å². The normalized spacial score (nSPS) is 11.2. The van der Waals surface area contributed by atoms with E-state index in [-0.39, 0.29) is 0 Å². The molecule has 21 heavy (non-hydrogen) atoms. The van der Waals surface area contributed by atoms with Crippen molar-refractivity contribution in [2.45, 2.75) is 27.2 Å². The van der Waals surface area contributed by atoms with E-state index < -0.39 is 0 Å². The molecule has 0 spiro atoms. The first kappa shape index (κ1) is 13.8. The molecule has 3 aromatic rings. The number of aromatic nitrogens is 2. The van der Waals surface area contributed by atoms with Crippen molar-refractivity contribution in [3.05, 3.63) is 58.9 Å². The molecule has 0 saturated heterocycles. The van der Waals surface area contributed by atoms with Crippen LogP contribution in [0.15, 0.2) is 36.4 Å². The third-order valence-corrected chi connectivity index (χ3v) is 4.07. The van der Waals surface area contributed by atoms with Crippen molar-refractivity contribution in [2.75, 3.05) is 6.54 Å². The summed E-state index contributed by atoms with van der Waals surface area (Å²) in [6, 6.07) is 12.8. The number of hydrogen-bond donors (Lipinski definition) is 1. The number of pyridine rings is 1. The number of aryl methyl sites for hydroxylation is 3. The highest BCUT2D eigenvalue weighted by molar-refractivity contribution is 5.69. The minimum Gasteiger partial charge on any atom is -0.330 e. The van der Waals surface area contributed by atoms with Gasteiger partial charge in [0.15, 0.2) is 0 Å². The van der Waals surface area contributed by atoms with Gasteiger partial charge in [0.05, 0.1) is 11.4 Å². The molecule has 0 atom stereocenters. The van der Waals surface area contributed by atoms with Crippen LogP contribution in [-0.2, 0) is 6.42 Å². The number of fused-ring (bicyclic) bond motifs is 1. The molecule has 0 aliphatic rings. The topological polar surface area (TPSA) is 43.3 Å². The molecule has 2 N–H and O–H groups in total. The van der Waals surface area contributed by atoms with Crippen molar-refractivity contribution in [3.63, 3.8) is 0 Å². The Morgan fingerprint density at radius 1 is 1.05 bits per heavy atom. The van der Waals surface area contributed by atoms with Gasteiger partial charge in [-0.05, 0) is 56.6 Å². The van der Waals surface area contributed by atoms with Crippen LogP contribution in [0.2, 0.25) is 0 Å². The maximum Gasteiger partial charge on any atom is 0.137 e. The summed E-state index contributed by atoms with van der Waals surface area (Å²) < 4.78 is 2.23. The lowest BCUT2D eigenvalue weighted by molar-refractivity contribution is 0.938. The van der Waals surface area contributed by atoms with Crippen LogP contribution in [0.25, 0.3) is 16.9 Å². The van der Waals surface area contributed by atoms with Crippen molar-refractivity contribution in [2.24, 2.45) is 5.73 Å². The molecule has 2 heterocycles. The number of nitrogens with zero attached hydrogens (tertiary/aromatic N) is 2. The van der Waals surface area contributed by atoms with Crippen LogP contribution in [0.1, 0.15) is 22.5 Å². The van der Waals surface area contributed by atoms with E-state index in [1.54, 1.807) is 0 Å². The number of rotatable bonds is 3. The quantitative estimate of drug-likeness (QED) is 0.798. The summed E-state index contributed by atoms with van der Waals surface area (Å²) in [5.41, 5.74) is 14.0. The van der Waals surface area contributed by atoms with Crippen molar-refractivity contribution < 1.29 is 0 Å².